The van der Waals surface area contributed by atoms with Crippen LogP contribution < -0.4 is 27.0 Å². The molecule has 222 valence electrons. The Hall–Kier alpha value is -4.45. The standard InChI is InChI=1S/C29H39N5O7/c1-17(2)13-24(29(40)41)34-28(39)23(15-19-7-5-4-6-8-19)33-25(36)16-31-26(37)18(3)32-27(38)22(30)14-20-9-11-21(35)12-10-20/h4-12,17-18,22-24,35H,13-16,30H2,1-3H3,(H,31,37)(H,32,38)(H,33,36)(H,34,39)(H,40,41)/t18-,22-,23+,24+/m0/s1. The summed E-state index contributed by atoms with van der Waals surface area (Å²) in [5, 5.41) is 28.8. The molecule has 0 heterocycles. The fraction of sp³-hybridized carbons (Fsp3) is 0.414. The summed E-state index contributed by atoms with van der Waals surface area (Å²) in [6.07, 6.45) is 0.505. The number of nitrogens with one attached hydrogen (secondary N) is 4. The van der Waals surface area contributed by atoms with Crippen molar-refractivity contribution in [3.63, 3.8) is 0 Å². The zero-order valence-corrected chi connectivity index (χ0v) is 23.4. The van der Waals surface area contributed by atoms with E-state index in [1.807, 2.05) is 13.8 Å². The Labute approximate surface area is 239 Å². The van der Waals surface area contributed by atoms with Crippen LogP contribution in [0, 0.1) is 5.92 Å². The summed E-state index contributed by atoms with van der Waals surface area (Å²) in [4.78, 5) is 62.3. The number of nitrogens with two attached hydrogens (primary N) is 1. The largest absolute Gasteiger partial charge is 0.508 e. The second-order valence-corrected chi connectivity index (χ2v) is 10.3. The minimum absolute atomic E-state index is 0.0126. The van der Waals surface area contributed by atoms with Crippen LogP contribution in [0.4, 0.5) is 0 Å². The van der Waals surface area contributed by atoms with E-state index < -0.39 is 60.3 Å². The molecule has 0 saturated heterocycles. The summed E-state index contributed by atoms with van der Waals surface area (Å²) < 4.78 is 0. The molecule has 2 rings (SSSR count). The Morgan fingerprint density at radius 1 is 0.756 bits per heavy atom. The number of phenolic OH excluding ortho intramolecular Hbond substituents is 1. The van der Waals surface area contributed by atoms with Crippen LogP contribution in [0.3, 0.4) is 0 Å². The second kappa shape index (κ2) is 16.0. The van der Waals surface area contributed by atoms with Crippen LogP contribution in [0.1, 0.15) is 38.3 Å². The molecule has 0 saturated carbocycles. The number of aromatic hydroxyl groups is 1. The predicted octanol–water partition coefficient (Wildman–Crippen LogP) is 0.226. The van der Waals surface area contributed by atoms with E-state index in [0.29, 0.717) is 0 Å². The van der Waals surface area contributed by atoms with Gasteiger partial charge in [0, 0.05) is 6.42 Å². The average molecular weight is 570 g/mol. The molecule has 0 radical (unpaired) electrons. The molecule has 12 nitrogen and oxygen atoms in total. The highest BCUT2D eigenvalue weighted by Gasteiger charge is 2.28. The molecule has 2 aromatic carbocycles. The van der Waals surface area contributed by atoms with E-state index in [0.717, 1.165) is 11.1 Å². The summed E-state index contributed by atoms with van der Waals surface area (Å²) in [5.74, 6) is -3.63. The number of rotatable bonds is 15. The van der Waals surface area contributed by atoms with Crippen molar-refractivity contribution in [2.45, 2.75) is 64.2 Å². The first-order chi connectivity index (χ1) is 19.3. The van der Waals surface area contributed by atoms with Gasteiger partial charge in [-0.05, 0) is 48.9 Å². The number of aliphatic carboxylic acids is 1. The van der Waals surface area contributed by atoms with Gasteiger partial charge in [0.1, 0.15) is 23.9 Å². The van der Waals surface area contributed by atoms with E-state index in [9.17, 15) is 34.2 Å². The number of amides is 4. The quantitative estimate of drug-likeness (QED) is 0.158. The number of benzene rings is 2. The Balaban J connectivity index is 1.94. The molecule has 12 heteroatoms. The van der Waals surface area contributed by atoms with E-state index in [2.05, 4.69) is 21.3 Å². The third kappa shape index (κ3) is 11.7. The van der Waals surface area contributed by atoms with Gasteiger partial charge in [-0.15, -0.1) is 0 Å². The van der Waals surface area contributed by atoms with Crippen molar-refractivity contribution >= 4 is 29.6 Å². The van der Waals surface area contributed by atoms with Gasteiger partial charge >= 0.3 is 5.97 Å². The SMILES string of the molecule is CC(C)C[C@@H](NC(=O)[C@@H](Cc1ccccc1)NC(=O)CNC(=O)[C@H](C)NC(=O)[C@@H](N)Cc1ccc(O)cc1)C(=O)O. The molecule has 0 aromatic heterocycles. The highest BCUT2D eigenvalue weighted by Crippen LogP contribution is 2.11. The van der Waals surface area contributed by atoms with Crippen molar-refractivity contribution in [3.05, 3.63) is 65.7 Å². The Bertz CT molecular complexity index is 1190. The van der Waals surface area contributed by atoms with Gasteiger partial charge in [0.05, 0.1) is 12.6 Å². The number of carbonyl (C=O) groups is 5. The van der Waals surface area contributed by atoms with Gasteiger partial charge in [-0.25, -0.2) is 4.79 Å². The summed E-state index contributed by atoms with van der Waals surface area (Å²) in [7, 11) is 0. The number of hydrogen-bond donors (Lipinski definition) is 7. The summed E-state index contributed by atoms with van der Waals surface area (Å²) in [6.45, 7) is 4.62. The monoisotopic (exact) mass is 569 g/mol. The molecule has 0 aliphatic heterocycles. The highest BCUT2D eigenvalue weighted by molar-refractivity contribution is 5.94. The molecular formula is C29H39N5O7. The summed E-state index contributed by atoms with van der Waals surface area (Å²) >= 11 is 0. The first kappa shape index (κ1) is 32.8. The van der Waals surface area contributed by atoms with Gasteiger partial charge in [0.15, 0.2) is 0 Å². The van der Waals surface area contributed by atoms with E-state index in [1.165, 1.54) is 19.1 Å². The van der Waals surface area contributed by atoms with Crippen molar-refractivity contribution in [2.75, 3.05) is 6.54 Å². The van der Waals surface area contributed by atoms with Gasteiger partial charge in [0.2, 0.25) is 23.6 Å². The van der Waals surface area contributed by atoms with Crippen LogP contribution >= 0.6 is 0 Å². The molecular weight excluding hydrogens is 530 g/mol. The maximum atomic E-state index is 13.0. The van der Waals surface area contributed by atoms with Gasteiger partial charge in [-0.2, -0.15) is 0 Å². The van der Waals surface area contributed by atoms with Crippen LogP contribution in [0.2, 0.25) is 0 Å². The topological polar surface area (TPSA) is 200 Å². The number of hydrogen-bond acceptors (Lipinski definition) is 7. The lowest BCUT2D eigenvalue weighted by atomic mass is 10.0. The zero-order valence-electron chi connectivity index (χ0n) is 23.4. The zero-order chi connectivity index (χ0) is 30.5. The van der Waals surface area contributed by atoms with E-state index >= 15 is 0 Å². The van der Waals surface area contributed by atoms with Crippen molar-refractivity contribution < 1.29 is 34.2 Å². The molecule has 0 aliphatic rings. The van der Waals surface area contributed by atoms with Crippen molar-refractivity contribution in [1.29, 1.82) is 0 Å². The van der Waals surface area contributed by atoms with Crippen LogP contribution in [0.15, 0.2) is 54.6 Å². The third-order valence-corrected chi connectivity index (χ3v) is 6.16. The van der Waals surface area contributed by atoms with Crippen LogP contribution in [-0.2, 0) is 36.8 Å². The lowest BCUT2D eigenvalue weighted by Crippen LogP contribution is -2.55. The highest BCUT2D eigenvalue weighted by atomic mass is 16.4. The second-order valence-electron chi connectivity index (χ2n) is 10.3. The minimum Gasteiger partial charge on any atom is -0.508 e. The third-order valence-electron chi connectivity index (χ3n) is 6.16. The predicted molar refractivity (Wildman–Crippen MR) is 151 cm³/mol. The van der Waals surface area contributed by atoms with Crippen molar-refractivity contribution in [3.8, 4) is 5.75 Å². The molecule has 0 spiro atoms. The van der Waals surface area contributed by atoms with Gasteiger partial charge in [-0.3, -0.25) is 19.2 Å². The van der Waals surface area contributed by atoms with E-state index in [4.69, 9.17) is 5.73 Å². The van der Waals surface area contributed by atoms with Gasteiger partial charge in [0.25, 0.3) is 0 Å². The molecule has 8 N–H and O–H groups in total. The number of carboxylic acids is 1. The molecule has 41 heavy (non-hydrogen) atoms. The molecule has 2 aromatic rings. The van der Waals surface area contributed by atoms with Crippen LogP contribution in [-0.4, -0.2) is 70.5 Å². The molecule has 4 amide bonds. The van der Waals surface area contributed by atoms with Crippen LogP contribution in [0.5, 0.6) is 5.75 Å². The average Bonchev–Trinajstić information content (AvgIpc) is 2.92. The first-order valence-electron chi connectivity index (χ1n) is 13.3. The number of carboxylic acid groups (broad SMARTS) is 1. The van der Waals surface area contributed by atoms with Crippen molar-refractivity contribution in [2.24, 2.45) is 11.7 Å². The summed E-state index contributed by atoms with van der Waals surface area (Å²) in [6, 6.07) is 11.0. The fourth-order valence-corrected chi connectivity index (χ4v) is 3.95. The Kier molecular flexibility index (Phi) is 12.8. The molecule has 4 atom stereocenters. The molecule has 0 bridgehead atoms. The lowest BCUT2D eigenvalue weighted by molar-refractivity contribution is -0.142. The number of carbonyl (C=O) groups excluding carboxylic acids is 4. The molecule has 0 aliphatic carbocycles. The van der Waals surface area contributed by atoms with Gasteiger partial charge < -0.3 is 37.2 Å². The maximum absolute atomic E-state index is 13.0. The fourth-order valence-electron chi connectivity index (χ4n) is 3.95. The van der Waals surface area contributed by atoms with Crippen LogP contribution in [0.25, 0.3) is 0 Å². The minimum atomic E-state index is -1.18. The van der Waals surface area contributed by atoms with E-state index in [1.54, 1.807) is 42.5 Å². The smallest absolute Gasteiger partial charge is 0.326 e. The number of phenols is 1. The maximum Gasteiger partial charge on any atom is 0.326 e. The molecule has 0 unspecified atom stereocenters. The summed E-state index contributed by atoms with van der Waals surface area (Å²) in [5.41, 5.74) is 7.41. The molecule has 0 fully saturated rings. The Morgan fingerprint density at radius 3 is 1.95 bits per heavy atom. The first-order valence-corrected chi connectivity index (χ1v) is 13.3. The Morgan fingerprint density at radius 2 is 1.37 bits per heavy atom. The normalized spacial score (nSPS) is 13.8. The van der Waals surface area contributed by atoms with Crippen molar-refractivity contribution in [1.82, 2.24) is 21.3 Å². The van der Waals surface area contributed by atoms with Gasteiger partial charge in [-0.1, -0.05) is 56.3 Å². The van der Waals surface area contributed by atoms with E-state index in [-0.39, 0.29) is 30.9 Å². The lowest BCUT2D eigenvalue weighted by Gasteiger charge is -2.23.